The Morgan fingerprint density at radius 3 is 2.50 bits per heavy atom. The molecule has 2 heterocycles. The fourth-order valence-electron chi connectivity index (χ4n) is 2.51. The van der Waals surface area contributed by atoms with Crippen LogP contribution in [0.3, 0.4) is 0 Å². The monoisotopic (exact) mass is 400 g/mol. The van der Waals surface area contributed by atoms with Gasteiger partial charge in [-0.1, -0.05) is 25.2 Å². The molecule has 11 heteroatoms. The Morgan fingerprint density at radius 1 is 1.23 bits per heavy atom. The molecule has 2 aromatic heterocycles. The number of amides is 1. The summed E-state index contributed by atoms with van der Waals surface area (Å²) in [5.74, 6) is 0.291. The molecule has 1 amide bonds. The molecule has 26 heavy (non-hydrogen) atoms. The number of rotatable bonds is 8. The number of hydrogen-bond acceptors (Lipinski definition) is 7. The van der Waals surface area contributed by atoms with Crippen LogP contribution in [0.15, 0.2) is 0 Å². The number of aromatic nitrogens is 4. The zero-order valence-electron chi connectivity index (χ0n) is 15.5. The highest BCUT2D eigenvalue weighted by Gasteiger charge is 2.15. The molecule has 2 N–H and O–H groups in total. The lowest BCUT2D eigenvalue weighted by Crippen LogP contribution is -2.13. The third kappa shape index (κ3) is 5.77. The predicted octanol–water partition coefficient (Wildman–Crippen LogP) is 1.95. The van der Waals surface area contributed by atoms with E-state index in [4.69, 9.17) is 0 Å². The van der Waals surface area contributed by atoms with Gasteiger partial charge in [-0.2, -0.15) is 5.10 Å². The summed E-state index contributed by atoms with van der Waals surface area (Å²) in [5.41, 5.74) is 3.10. The number of sulfonamides is 1. The molecule has 0 unspecified atom stereocenters. The number of carbonyl (C=O) groups excluding carboxylic acids is 1. The Labute approximate surface area is 157 Å². The van der Waals surface area contributed by atoms with Crippen molar-refractivity contribution in [3.63, 3.8) is 0 Å². The minimum Gasteiger partial charge on any atom is -0.300 e. The zero-order chi connectivity index (χ0) is 19.5. The van der Waals surface area contributed by atoms with E-state index in [1.807, 2.05) is 18.5 Å². The van der Waals surface area contributed by atoms with Crippen molar-refractivity contribution in [1.82, 2.24) is 20.0 Å². The van der Waals surface area contributed by atoms with E-state index < -0.39 is 10.0 Å². The molecule has 2 aromatic rings. The van der Waals surface area contributed by atoms with Gasteiger partial charge in [-0.05, 0) is 31.7 Å². The maximum atomic E-state index is 12.1. The quantitative estimate of drug-likeness (QED) is 0.699. The van der Waals surface area contributed by atoms with Crippen molar-refractivity contribution in [2.24, 2.45) is 5.92 Å². The lowest BCUT2D eigenvalue weighted by atomic mass is 10.1. The summed E-state index contributed by atoms with van der Waals surface area (Å²) >= 11 is 0.966. The molecule has 0 aliphatic rings. The van der Waals surface area contributed by atoms with Gasteiger partial charge < -0.3 is 5.32 Å². The van der Waals surface area contributed by atoms with Crippen molar-refractivity contribution in [1.29, 1.82) is 0 Å². The van der Waals surface area contributed by atoms with Crippen molar-refractivity contribution in [2.45, 2.75) is 47.1 Å². The maximum absolute atomic E-state index is 12.1. The summed E-state index contributed by atoms with van der Waals surface area (Å²) in [7, 11) is -3.42. The summed E-state index contributed by atoms with van der Waals surface area (Å²) in [6.45, 7) is 9.09. The molecule has 0 aromatic carbocycles. The van der Waals surface area contributed by atoms with E-state index in [1.165, 1.54) is 0 Å². The largest absolute Gasteiger partial charge is 0.300 e. The van der Waals surface area contributed by atoms with Crippen LogP contribution in [0.4, 0.5) is 10.3 Å². The van der Waals surface area contributed by atoms with Crippen molar-refractivity contribution in [2.75, 3.05) is 16.3 Å². The number of carbonyl (C=O) groups is 1. The molecular formula is C15H24N6O3S2. The van der Waals surface area contributed by atoms with E-state index in [-0.39, 0.29) is 22.6 Å². The van der Waals surface area contributed by atoms with Gasteiger partial charge in [-0.15, -0.1) is 10.2 Å². The summed E-state index contributed by atoms with van der Waals surface area (Å²) < 4.78 is 26.5. The fraction of sp³-hybridized carbons (Fsp3) is 0.600. The van der Waals surface area contributed by atoms with Crippen LogP contribution in [-0.4, -0.2) is 40.6 Å². The lowest BCUT2D eigenvalue weighted by molar-refractivity contribution is -0.116. The number of hydrogen-bond donors (Lipinski definition) is 2. The second kappa shape index (κ2) is 8.12. The molecule has 2 rings (SSSR count). The normalized spacial score (nSPS) is 11.8. The van der Waals surface area contributed by atoms with Gasteiger partial charge in [0.05, 0.1) is 11.9 Å². The number of nitrogens with zero attached hydrogens (tertiary/aromatic N) is 4. The molecule has 9 nitrogen and oxygen atoms in total. The van der Waals surface area contributed by atoms with Crippen LogP contribution in [0.1, 0.15) is 37.2 Å². The van der Waals surface area contributed by atoms with E-state index >= 15 is 0 Å². The number of aryl methyl sites for hydroxylation is 1. The van der Waals surface area contributed by atoms with Crippen LogP contribution in [0.2, 0.25) is 0 Å². The number of nitrogens with one attached hydrogen (secondary N) is 2. The van der Waals surface area contributed by atoms with E-state index in [2.05, 4.69) is 39.2 Å². The van der Waals surface area contributed by atoms with E-state index in [0.717, 1.165) is 41.1 Å². The molecule has 0 fully saturated rings. The van der Waals surface area contributed by atoms with E-state index in [1.54, 1.807) is 0 Å². The van der Waals surface area contributed by atoms with Gasteiger partial charge in [0.25, 0.3) is 0 Å². The van der Waals surface area contributed by atoms with Crippen LogP contribution >= 0.6 is 11.3 Å². The van der Waals surface area contributed by atoms with Gasteiger partial charge in [0.2, 0.25) is 26.2 Å². The molecule has 0 saturated carbocycles. The summed E-state index contributed by atoms with van der Waals surface area (Å²) in [5, 5.41) is 15.0. The van der Waals surface area contributed by atoms with Crippen molar-refractivity contribution >= 4 is 37.5 Å². The highest BCUT2D eigenvalue weighted by atomic mass is 32.2. The van der Waals surface area contributed by atoms with Crippen LogP contribution in [0.25, 0.3) is 0 Å². The third-order valence-electron chi connectivity index (χ3n) is 3.62. The summed E-state index contributed by atoms with van der Waals surface area (Å²) in [4.78, 5) is 12.1. The Bertz CT molecular complexity index is 885. The zero-order valence-corrected chi connectivity index (χ0v) is 17.2. The van der Waals surface area contributed by atoms with Gasteiger partial charge in [0, 0.05) is 18.7 Å². The first-order chi connectivity index (χ1) is 12.0. The molecular weight excluding hydrogens is 376 g/mol. The van der Waals surface area contributed by atoms with Gasteiger partial charge in [0.15, 0.2) is 0 Å². The average molecular weight is 401 g/mol. The van der Waals surface area contributed by atoms with Crippen LogP contribution in [-0.2, 0) is 27.8 Å². The second-order valence-corrected chi connectivity index (χ2v) is 9.29. The third-order valence-corrected chi connectivity index (χ3v) is 5.06. The highest BCUT2D eigenvalue weighted by Crippen LogP contribution is 2.21. The minimum absolute atomic E-state index is 0.115. The lowest BCUT2D eigenvalue weighted by Gasteiger charge is -2.08. The summed E-state index contributed by atoms with van der Waals surface area (Å²) in [6, 6.07) is 0. The number of anilines is 2. The molecule has 0 atom stereocenters. The standard InChI is InChI=1S/C15H24N6O3S2/c1-9(2)8-21-11(4)12(10(3)19-21)6-7-13(22)16-14-17-18-15(25-14)20-26(5,23)24/h9H,6-8H2,1-5H3,(H,18,20)(H,16,17,22). The first kappa shape index (κ1) is 20.3. The average Bonchev–Trinajstić information content (AvgIpc) is 3.00. The van der Waals surface area contributed by atoms with Crippen molar-refractivity contribution < 1.29 is 13.2 Å². The SMILES string of the molecule is Cc1nn(CC(C)C)c(C)c1CCC(=O)Nc1nnc(NS(C)(=O)=O)s1. The van der Waals surface area contributed by atoms with Crippen LogP contribution in [0, 0.1) is 19.8 Å². The smallest absolute Gasteiger partial charge is 0.231 e. The first-order valence-electron chi connectivity index (χ1n) is 8.19. The molecule has 0 radical (unpaired) electrons. The summed E-state index contributed by atoms with van der Waals surface area (Å²) in [6.07, 6.45) is 1.88. The Morgan fingerprint density at radius 2 is 1.88 bits per heavy atom. The van der Waals surface area contributed by atoms with E-state index in [9.17, 15) is 13.2 Å². The molecule has 0 spiro atoms. The van der Waals surface area contributed by atoms with Gasteiger partial charge >= 0.3 is 0 Å². The fourth-order valence-corrected chi connectivity index (χ4v) is 4.00. The van der Waals surface area contributed by atoms with Crippen molar-refractivity contribution in [3.05, 3.63) is 17.0 Å². The van der Waals surface area contributed by atoms with Gasteiger partial charge in [0.1, 0.15) is 0 Å². The Hall–Kier alpha value is -2.01. The molecule has 144 valence electrons. The molecule has 0 saturated heterocycles. The van der Waals surface area contributed by atoms with E-state index in [0.29, 0.717) is 12.3 Å². The van der Waals surface area contributed by atoms with Gasteiger partial charge in [-0.3, -0.25) is 14.2 Å². The first-order valence-corrected chi connectivity index (χ1v) is 10.9. The molecule has 0 bridgehead atoms. The van der Waals surface area contributed by atoms with Crippen LogP contribution < -0.4 is 10.0 Å². The molecule has 0 aliphatic carbocycles. The van der Waals surface area contributed by atoms with Crippen molar-refractivity contribution in [3.8, 4) is 0 Å². The Balaban J connectivity index is 1.94. The van der Waals surface area contributed by atoms with Gasteiger partial charge in [-0.25, -0.2) is 8.42 Å². The minimum atomic E-state index is -3.42. The Kier molecular flexibility index (Phi) is 6.34. The molecule has 0 aliphatic heterocycles. The highest BCUT2D eigenvalue weighted by molar-refractivity contribution is 7.92. The topological polar surface area (TPSA) is 119 Å². The predicted molar refractivity (Wildman–Crippen MR) is 102 cm³/mol. The maximum Gasteiger partial charge on any atom is 0.231 e. The second-order valence-electron chi connectivity index (χ2n) is 6.56. The van der Waals surface area contributed by atoms with Crippen LogP contribution in [0.5, 0.6) is 0 Å².